The van der Waals surface area contributed by atoms with E-state index in [-0.39, 0.29) is 59.1 Å². The molecule has 0 amide bonds. The Bertz CT molecular complexity index is 199. The van der Waals surface area contributed by atoms with Crippen molar-refractivity contribution < 1.29 is 59.1 Å². The van der Waals surface area contributed by atoms with Gasteiger partial charge in [0.15, 0.2) is 0 Å². The molecular formula is C8H16N4Na2S4. The number of thiocarbonyl (C=S) groups is 2. The number of nitrogens with one attached hydrogen (secondary N) is 4. The van der Waals surface area contributed by atoms with Gasteiger partial charge in [0.1, 0.15) is 0 Å². The van der Waals surface area contributed by atoms with Crippen molar-refractivity contribution in [2.75, 3.05) is 39.3 Å². The van der Waals surface area contributed by atoms with Crippen LogP contribution in [0.1, 0.15) is 0 Å². The van der Waals surface area contributed by atoms with E-state index in [4.69, 9.17) is 49.7 Å². The molecule has 4 nitrogen and oxygen atoms in total. The Balaban J connectivity index is -0.00000112. The summed E-state index contributed by atoms with van der Waals surface area (Å²) >= 11 is 18.8. The number of hydrogen-bond donors (Lipinski definition) is 4. The fourth-order valence-corrected chi connectivity index (χ4v) is 1.34. The molecule has 0 aromatic rings. The topological polar surface area (TPSA) is 48.1 Å². The van der Waals surface area contributed by atoms with Crippen molar-refractivity contribution in [3.05, 3.63) is 0 Å². The smallest absolute Gasteiger partial charge is 0.412 e. The van der Waals surface area contributed by atoms with Gasteiger partial charge in [-0.25, -0.2) is 0 Å². The first-order chi connectivity index (χ1) is 7.63. The van der Waals surface area contributed by atoms with E-state index >= 15 is 0 Å². The van der Waals surface area contributed by atoms with Crippen LogP contribution in [0, 0.1) is 0 Å². The Kier molecular flexibility index (Phi) is 26.7. The summed E-state index contributed by atoms with van der Waals surface area (Å²) in [6.45, 7) is 5.07. The summed E-state index contributed by atoms with van der Waals surface area (Å²) in [5, 5.41) is 12.3. The average Bonchev–Trinajstić information content (AvgIpc) is 2.20. The van der Waals surface area contributed by atoms with Crippen molar-refractivity contribution in [2.45, 2.75) is 0 Å². The quantitative estimate of drug-likeness (QED) is 0.143. The van der Waals surface area contributed by atoms with E-state index in [0.717, 1.165) is 39.3 Å². The minimum absolute atomic E-state index is 0. The van der Waals surface area contributed by atoms with Crippen LogP contribution in [0.15, 0.2) is 0 Å². The summed E-state index contributed by atoms with van der Waals surface area (Å²) < 4.78 is 0.844. The summed E-state index contributed by atoms with van der Waals surface area (Å²) in [6, 6.07) is 0. The normalized spacial score (nSPS) is 8.67. The molecule has 0 heterocycles. The van der Waals surface area contributed by atoms with Crippen molar-refractivity contribution >= 4 is 58.3 Å². The second kappa shape index (κ2) is 19.1. The molecule has 94 valence electrons. The van der Waals surface area contributed by atoms with Gasteiger partial charge in [-0.05, 0) is 0 Å². The molecule has 18 heavy (non-hydrogen) atoms. The molecule has 0 saturated carbocycles. The largest absolute Gasteiger partial charge is 1.00 e. The minimum Gasteiger partial charge on any atom is -0.412 e. The molecule has 0 radical (unpaired) electrons. The first kappa shape index (κ1) is 25.1. The summed E-state index contributed by atoms with van der Waals surface area (Å²) in [5.74, 6) is 0. The third-order valence-corrected chi connectivity index (χ3v) is 2.20. The second-order valence-corrected chi connectivity index (χ2v) is 5.08. The Hall–Kier alpha value is 2.14. The van der Waals surface area contributed by atoms with Gasteiger partial charge in [-0.2, -0.15) is 0 Å². The molecule has 10 heteroatoms. The van der Waals surface area contributed by atoms with Gasteiger partial charge < -0.3 is 71.0 Å². The van der Waals surface area contributed by atoms with Crippen molar-refractivity contribution in [3.8, 4) is 0 Å². The van der Waals surface area contributed by atoms with E-state index in [9.17, 15) is 0 Å². The molecule has 0 rings (SSSR count). The summed E-state index contributed by atoms with van der Waals surface area (Å²) in [4.78, 5) is 0. The van der Waals surface area contributed by atoms with Gasteiger partial charge in [0.25, 0.3) is 0 Å². The van der Waals surface area contributed by atoms with Gasteiger partial charge in [-0.3, -0.25) is 0 Å². The van der Waals surface area contributed by atoms with Gasteiger partial charge in [0.05, 0.1) is 0 Å². The molecule has 0 atom stereocenters. The Morgan fingerprint density at radius 3 is 1.22 bits per heavy atom. The Morgan fingerprint density at radius 1 is 0.667 bits per heavy atom. The van der Waals surface area contributed by atoms with Crippen LogP contribution in [-0.4, -0.2) is 47.9 Å². The molecule has 0 spiro atoms. The molecule has 0 saturated heterocycles. The maximum Gasteiger partial charge on any atom is 1.00 e. The van der Waals surface area contributed by atoms with Crippen LogP contribution in [0.5, 0.6) is 0 Å². The molecule has 0 aromatic carbocycles. The maximum absolute atomic E-state index is 4.70. The zero-order chi connectivity index (χ0) is 12.2. The SMILES string of the molecule is S=C([S-])NCCNCCNCCNC(=S)[S-].[Na+].[Na+]. The fraction of sp³-hybridized carbons (Fsp3) is 0.750. The first-order valence-electron chi connectivity index (χ1n) is 4.94. The molecule has 0 fully saturated rings. The van der Waals surface area contributed by atoms with Gasteiger partial charge in [-0.15, -0.1) is 0 Å². The van der Waals surface area contributed by atoms with Crippen LogP contribution in [0.3, 0.4) is 0 Å². The molecular weight excluding hydrogens is 326 g/mol. The van der Waals surface area contributed by atoms with Crippen LogP contribution < -0.4 is 80.4 Å². The number of hydrogen-bond acceptors (Lipinski definition) is 6. The summed E-state index contributed by atoms with van der Waals surface area (Å²) in [5.41, 5.74) is 0. The summed E-state index contributed by atoms with van der Waals surface area (Å²) in [6.07, 6.45) is 0. The van der Waals surface area contributed by atoms with Crippen molar-refractivity contribution in [2.24, 2.45) is 0 Å². The van der Waals surface area contributed by atoms with E-state index in [1.54, 1.807) is 0 Å². The molecule has 0 aliphatic rings. The molecule has 0 aromatic heterocycles. The van der Waals surface area contributed by atoms with Gasteiger partial charge >= 0.3 is 59.1 Å². The van der Waals surface area contributed by atoms with Crippen LogP contribution in [0.25, 0.3) is 0 Å². The average molecular weight is 342 g/mol. The Morgan fingerprint density at radius 2 is 0.944 bits per heavy atom. The monoisotopic (exact) mass is 342 g/mol. The standard InChI is InChI=1S/C8H18N4S4.2Na/c13-7(14)11-5-3-9-1-2-10-4-6-12-8(15)16;;/h9-10H,1-6H2,(H2,11,13,14)(H2,12,15,16);;/q;2*+1/p-2. The fourth-order valence-electron chi connectivity index (χ4n) is 0.933. The van der Waals surface area contributed by atoms with Gasteiger partial charge in [0.2, 0.25) is 0 Å². The molecule has 0 aliphatic heterocycles. The van der Waals surface area contributed by atoms with Crippen molar-refractivity contribution in [3.63, 3.8) is 0 Å². The Labute approximate surface area is 175 Å². The van der Waals surface area contributed by atoms with E-state index in [1.807, 2.05) is 0 Å². The molecule has 0 bridgehead atoms. The van der Waals surface area contributed by atoms with E-state index in [1.165, 1.54) is 0 Å². The molecule has 4 N–H and O–H groups in total. The van der Waals surface area contributed by atoms with Crippen molar-refractivity contribution in [1.82, 2.24) is 21.3 Å². The zero-order valence-corrected chi connectivity index (χ0v) is 18.1. The second-order valence-electron chi connectivity index (χ2n) is 2.93. The maximum atomic E-state index is 4.70. The van der Waals surface area contributed by atoms with Gasteiger partial charge in [-0.1, -0.05) is 8.64 Å². The summed E-state index contributed by atoms with van der Waals surface area (Å²) in [7, 11) is 0. The number of rotatable bonds is 9. The predicted molar refractivity (Wildman–Crippen MR) is 81.7 cm³/mol. The van der Waals surface area contributed by atoms with E-state index < -0.39 is 0 Å². The van der Waals surface area contributed by atoms with Crippen LogP contribution in [-0.2, 0) is 25.3 Å². The zero-order valence-electron chi connectivity index (χ0n) is 10.9. The van der Waals surface area contributed by atoms with Crippen LogP contribution in [0.4, 0.5) is 0 Å². The predicted octanol–water partition coefficient (Wildman–Crippen LogP) is -6.98. The van der Waals surface area contributed by atoms with E-state index in [0.29, 0.717) is 8.64 Å². The minimum atomic E-state index is 0. The van der Waals surface area contributed by atoms with E-state index in [2.05, 4.69) is 21.3 Å². The van der Waals surface area contributed by atoms with Crippen LogP contribution >= 0.6 is 24.4 Å². The molecule has 0 aliphatic carbocycles. The van der Waals surface area contributed by atoms with Gasteiger partial charge in [0, 0.05) is 39.3 Å². The molecule has 0 unspecified atom stereocenters. The van der Waals surface area contributed by atoms with Crippen LogP contribution in [0.2, 0.25) is 0 Å². The third-order valence-electron chi connectivity index (χ3n) is 1.62. The first-order valence-corrected chi connectivity index (χ1v) is 6.57. The third kappa shape index (κ3) is 23.2. The van der Waals surface area contributed by atoms with Crippen molar-refractivity contribution in [1.29, 1.82) is 0 Å².